The summed E-state index contributed by atoms with van der Waals surface area (Å²) in [5.41, 5.74) is 6.85. The number of hydrogen-bond acceptors (Lipinski definition) is 3. The number of thioether (sulfide) groups is 1. The number of para-hydroxylation sites is 1. The van der Waals surface area contributed by atoms with Crippen molar-refractivity contribution in [2.24, 2.45) is 11.1 Å². The minimum atomic E-state index is 0.147. The van der Waals surface area contributed by atoms with Gasteiger partial charge in [0, 0.05) is 23.6 Å². The monoisotopic (exact) mass is 292 g/mol. The quantitative estimate of drug-likeness (QED) is 0.906. The number of hydrogen-bond donors (Lipinski definition) is 1. The molecule has 3 nitrogen and oxygen atoms in total. The van der Waals surface area contributed by atoms with Crippen molar-refractivity contribution < 1.29 is 4.79 Å². The lowest BCUT2D eigenvalue weighted by molar-refractivity contribution is -0.119. The van der Waals surface area contributed by atoms with Crippen molar-refractivity contribution in [3.8, 4) is 0 Å². The average molecular weight is 292 g/mol. The van der Waals surface area contributed by atoms with E-state index in [9.17, 15) is 4.79 Å². The maximum atomic E-state index is 12.5. The zero-order valence-corrected chi connectivity index (χ0v) is 13.2. The highest BCUT2D eigenvalue weighted by atomic mass is 32.2. The van der Waals surface area contributed by atoms with E-state index in [1.54, 1.807) is 0 Å². The highest BCUT2D eigenvalue weighted by molar-refractivity contribution is 7.99. The second kappa shape index (κ2) is 6.64. The van der Waals surface area contributed by atoms with E-state index in [0.717, 1.165) is 30.8 Å². The maximum Gasteiger partial charge on any atom is 0.227 e. The largest absolute Gasteiger partial charge is 0.330 e. The first-order valence-corrected chi connectivity index (χ1v) is 8.24. The summed E-state index contributed by atoms with van der Waals surface area (Å²) in [5, 5.41) is 0. The first kappa shape index (κ1) is 15.4. The Morgan fingerprint density at radius 1 is 1.35 bits per heavy atom. The number of anilines is 1. The first-order chi connectivity index (χ1) is 9.53. The van der Waals surface area contributed by atoms with E-state index in [0.29, 0.717) is 13.0 Å². The Labute approximate surface area is 125 Å². The van der Waals surface area contributed by atoms with Crippen LogP contribution in [0.2, 0.25) is 0 Å². The molecule has 0 bridgehead atoms. The molecule has 1 aliphatic heterocycles. The number of nitrogens with zero attached hydrogens (tertiary/aromatic N) is 1. The van der Waals surface area contributed by atoms with Gasteiger partial charge in [-0.2, -0.15) is 0 Å². The maximum absolute atomic E-state index is 12.5. The third-order valence-corrected chi connectivity index (χ3v) is 4.91. The molecule has 0 spiro atoms. The second-order valence-corrected chi connectivity index (χ2v) is 7.20. The number of rotatable bonds is 5. The summed E-state index contributed by atoms with van der Waals surface area (Å²) in [7, 11) is 0. The average Bonchev–Trinajstić information content (AvgIpc) is 2.44. The van der Waals surface area contributed by atoms with Crippen LogP contribution in [0.4, 0.5) is 5.69 Å². The molecule has 0 aromatic heterocycles. The molecule has 0 radical (unpaired) electrons. The molecule has 1 aromatic rings. The molecule has 1 amide bonds. The van der Waals surface area contributed by atoms with Crippen LogP contribution in [0.25, 0.3) is 0 Å². The predicted molar refractivity (Wildman–Crippen MR) is 86.2 cm³/mol. The molecule has 0 unspecified atom stereocenters. The van der Waals surface area contributed by atoms with Crippen molar-refractivity contribution in [3.05, 3.63) is 24.3 Å². The van der Waals surface area contributed by atoms with Crippen LogP contribution in [0, 0.1) is 5.41 Å². The fourth-order valence-electron chi connectivity index (χ4n) is 2.52. The summed E-state index contributed by atoms with van der Waals surface area (Å²) in [6, 6.07) is 8.18. The third kappa shape index (κ3) is 3.76. The Kier molecular flexibility index (Phi) is 5.11. The molecule has 0 saturated heterocycles. The van der Waals surface area contributed by atoms with E-state index in [-0.39, 0.29) is 11.3 Å². The fraction of sp³-hybridized carbons (Fsp3) is 0.562. The lowest BCUT2D eigenvalue weighted by Crippen LogP contribution is -2.36. The minimum absolute atomic E-state index is 0.147. The molecule has 0 fully saturated rings. The van der Waals surface area contributed by atoms with Gasteiger partial charge in [-0.15, -0.1) is 11.8 Å². The van der Waals surface area contributed by atoms with Gasteiger partial charge < -0.3 is 10.6 Å². The van der Waals surface area contributed by atoms with E-state index in [2.05, 4.69) is 19.9 Å². The van der Waals surface area contributed by atoms with Gasteiger partial charge in [0.05, 0.1) is 5.69 Å². The second-order valence-electron chi connectivity index (χ2n) is 6.06. The number of nitrogens with two attached hydrogens (primary N) is 1. The highest BCUT2D eigenvalue weighted by Gasteiger charge is 2.25. The van der Waals surface area contributed by atoms with Gasteiger partial charge in [-0.1, -0.05) is 26.0 Å². The van der Waals surface area contributed by atoms with Gasteiger partial charge in [-0.3, -0.25) is 4.79 Å². The fourth-order valence-corrected chi connectivity index (χ4v) is 3.52. The Bertz CT molecular complexity index is 473. The number of fused-ring (bicyclic) bond motifs is 1. The summed E-state index contributed by atoms with van der Waals surface area (Å²) in [6.45, 7) is 5.88. The SMILES string of the molecule is CC(C)(CCN)CCC(=O)N1CCSc2ccccc21. The molecule has 1 aromatic carbocycles. The lowest BCUT2D eigenvalue weighted by Gasteiger charge is -2.30. The van der Waals surface area contributed by atoms with Crippen LogP contribution in [0.3, 0.4) is 0 Å². The molecule has 2 N–H and O–H groups in total. The van der Waals surface area contributed by atoms with Gasteiger partial charge in [-0.25, -0.2) is 0 Å². The first-order valence-electron chi connectivity index (χ1n) is 7.26. The van der Waals surface area contributed by atoms with Crippen molar-refractivity contribution in [2.45, 2.75) is 38.0 Å². The molecule has 110 valence electrons. The van der Waals surface area contributed by atoms with Crippen molar-refractivity contribution >= 4 is 23.4 Å². The standard InChI is InChI=1S/C16H24N2OS/c1-16(2,9-10-17)8-7-15(19)18-11-12-20-14-6-4-3-5-13(14)18/h3-6H,7-12,17H2,1-2H3. The van der Waals surface area contributed by atoms with Crippen LogP contribution in [-0.2, 0) is 4.79 Å². The van der Waals surface area contributed by atoms with Gasteiger partial charge in [-0.05, 0) is 36.9 Å². The van der Waals surface area contributed by atoms with Crippen LogP contribution in [-0.4, -0.2) is 24.7 Å². The van der Waals surface area contributed by atoms with Gasteiger partial charge in [0.15, 0.2) is 0 Å². The van der Waals surface area contributed by atoms with Crippen molar-refractivity contribution in [1.82, 2.24) is 0 Å². The number of carbonyl (C=O) groups is 1. The zero-order valence-electron chi connectivity index (χ0n) is 12.4. The molecule has 0 atom stereocenters. The molecule has 20 heavy (non-hydrogen) atoms. The van der Waals surface area contributed by atoms with E-state index in [4.69, 9.17) is 5.73 Å². The van der Waals surface area contributed by atoms with Crippen molar-refractivity contribution in [2.75, 3.05) is 23.7 Å². The summed E-state index contributed by atoms with van der Waals surface area (Å²) >= 11 is 1.83. The molecule has 4 heteroatoms. The molecular weight excluding hydrogens is 268 g/mol. The molecule has 0 saturated carbocycles. The summed E-state index contributed by atoms with van der Waals surface area (Å²) in [6.07, 6.45) is 2.47. The smallest absolute Gasteiger partial charge is 0.227 e. The summed E-state index contributed by atoms with van der Waals surface area (Å²) in [5.74, 6) is 1.22. The van der Waals surface area contributed by atoms with Crippen LogP contribution >= 0.6 is 11.8 Å². The molecule has 1 aliphatic rings. The van der Waals surface area contributed by atoms with Crippen molar-refractivity contribution in [1.29, 1.82) is 0 Å². The van der Waals surface area contributed by atoms with Crippen LogP contribution in [0.5, 0.6) is 0 Å². The zero-order chi connectivity index (χ0) is 14.6. The van der Waals surface area contributed by atoms with Crippen LogP contribution < -0.4 is 10.6 Å². The van der Waals surface area contributed by atoms with Gasteiger partial charge in [0.1, 0.15) is 0 Å². The third-order valence-electron chi connectivity index (χ3n) is 3.87. The minimum Gasteiger partial charge on any atom is -0.330 e. The Morgan fingerprint density at radius 3 is 2.85 bits per heavy atom. The lowest BCUT2D eigenvalue weighted by atomic mass is 9.84. The van der Waals surface area contributed by atoms with E-state index < -0.39 is 0 Å². The molecule has 0 aliphatic carbocycles. The summed E-state index contributed by atoms with van der Waals surface area (Å²) < 4.78 is 0. The Morgan fingerprint density at radius 2 is 2.10 bits per heavy atom. The predicted octanol–water partition coefficient (Wildman–Crippen LogP) is 3.28. The van der Waals surface area contributed by atoms with Gasteiger partial charge in [0.25, 0.3) is 0 Å². The Hall–Kier alpha value is -1.00. The number of amides is 1. The van der Waals surface area contributed by atoms with E-state index in [1.807, 2.05) is 34.9 Å². The van der Waals surface area contributed by atoms with Gasteiger partial charge >= 0.3 is 0 Å². The number of carbonyl (C=O) groups excluding carboxylic acids is 1. The van der Waals surface area contributed by atoms with Crippen LogP contribution in [0.1, 0.15) is 33.1 Å². The molecular formula is C16H24N2OS. The normalized spacial score (nSPS) is 15.1. The molecule has 2 rings (SSSR count). The number of benzene rings is 1. The highest BCUT2D eigenvalue weighted by Crippen LogP contribution is 2.35. The molecule has 1 heterocycles. The Balaban J connectivity index is 2.01. The topological polar surface area (TPSA) is 46.3 Å². The summed E-state index contributed by atoms with van der Waals surface area (Å²) in [4.78, 5) is 15.7. The van der Waals surface area contributed by atoms with E-state index >= 15 is 0 Å². The van der Waals surface area contributed by atoms with Crippen LogP contribution in [0.15, 0.2) is 29.2 Å². The van der Waals surface area contributed by atoms with Crippen molar-refractivity contribution in [3.63, 3.8) is 0 Å². The van der Waals surface area contributed by atoms with E-state index in [1.165, 1.54) is 4.90 Å². The van der Waals surface area contributed by atoms with Gasteiger partial charge in [0.2, 0.25) is 5.91 Å².